The summed E-state index contributed by atoms with van der Waals surface area (Å²) < 4.78 is 69.2. The van der Waals surface area contributed by atoms with Crippen LogP contribution in [0.3, 0.4) is 0 Å². The van der Waals surface area contributed by atoms with Gasteiger partial charge in [0.25, 0.3) is 0 Å². The number of carbonyl (C=O) groups excluding carboxylic acids is 2. The summed E-state index contributed by atoms with van der Waals surface area (Å²) in [5.41, 5.74) is -1.33. The molecule has 0 N–H and O–H groups in total. The SMILES string of the molecule is CCC(C)C(=O)OC12CC3CC(CC(COC(=O)C(F)(F)S(=O)(=O)[O-])(C3)C1)C2. The maximum Gasteiger partial charge on any atom is 0.428 e. The predicted molar refractivity (Wildman–Crippen MR) is 91.0 cm³/mol. The van der Waals surface area contributed by atoms with Crippen LogP contribution >= 0.6 is 0 Å². The van der Waals surface area contributed by atoms with Crippen molar-refractivity contribution in [1.82, 2.24) is 0 Å². The largest absolute Gasteiger partial charge is 0.743 e. The van der Waals surface area contributed by atoms with Crippen molar-refractivity contribution < 1.29 is 40.8 Å². The quantitative estimate of drug-likeness (QED) is 0.457. The van der Waals surface area contributed by atoms with E-state index in [1.165, 1.54) is 0 Å². The Morgan fingerprint density at radius 3 is 2.29 bits per heavy atom. The van der Waals surface area contributed by atoms with Gasteiger partial charge in [-0.1, -0.05) is 13.8 Å². The van der Waals surface area contributed by atoms with Crippen LogP contribution in [0.25, 0.3) is 0 Å². The van der Waals surface area contributed by atoms with Crippen LogP contribution in [-0.2, 0) is 29.2 Å². The minimum atomic E-state index is -6.15. The summed E-state index contributed by atoms with van der Waals surface area (Å²) in [4.78, 5) is 23.9. The van der Waals surface area contributed by atoms with Crippen LogP contribution in [0.1, 0.15) is 58.8 Å². The Labute approximate surface area is 162 Å². The third kappa shape index (κ3) is 3.77. The highest BCUT2D eigenvalue weighted by Crippen LogP contribution is 2.63. The number of hydrogen-bond donors (Lipinski definition) is 0. The highest BCUT2D eigenvalue weighted by Gasteiger charge is 2.60. The van der Waals surface area contributed by atoms with Crippen molar-refractivity contribution in [2.24, 2.45) is 23.2 Å². The van der Waals surface area contributed by atoms with Gasteiger partial charge >= 0.3 is 17.2 Å². The van der Waals surface area contributed by atoms with Crippen LogP contribution < -0.4 is 0 Å². The first-order valence-electron chi connectivity index (χ1n) is 9.55. The van der Waals surface area contributed by atoms with Crippen molar-refractivity contribution in [3.8, 4) is 0 Å². The molecular weight excluding hydrogens is 398 g/mol. The van der Waals surface area contributed by atoms with E-state index in [1.807, 2.05) is 6.92 Å². The smallest absolute Gasteiger partial charge is 0.428 e. The summed E-state index contributed by atoms with van der Waals surface area (Å²) in [6.45, 7) is 3.26. The number of carbonyl (C=O) groups is 2. The Morgan fingerprint density at radius 1 is 1.21 bits per heavy atom. The van der Waals surface area contributed by atoms with Gasteiger partial charge in [-0.05, 0) is 56.8 Å². The zero-order valence-electron chi connectivity index (χ0n) is 15.9. The molecule has 10 heteroatoms. The topological polar surface area (TPSA) is 110 Å². The molecule has 3 atom stereocenters. The fourth-order valence-corrected chi connectivity index (χ4v) is 5.80. The zero-order chi connectivity index (χ0) is 21.0. The Balaban J connectivity index is 1.74. The van der Waals surface area contributed by atoms with Crippen molar-refractivity contribution in [2.45, 2.75) is 69.6 Å². The van der Waals surface area contributed by atoms with Gasteiger partial charge < -0.3 is 14.0 Å². The first kappa shape index (κ1) is 21.4. The molecule has 28 heavy (non-hydrogen) atoms. The molecule has 0 radical (unpaired) electrons. The Bertz CT molecular complexity index is 750. The summed E-state index contributed by atoms with van der Waals surface area (Å²) in [7, 11) is -6.15. The summed E-state index contributed by atoms with van der Waals surface area (Å²) >= 11 is 0. The lowest BCUT2D eigenvalue weighted by molar-refractivity contribution is -0.215. The van der Waals surface area contributed by atoms with Crippen molar-refractivity contribution >= 4 is 22.1 Å². The lowest BCUT2D eigenvalue weighted by Gasteiger charge is -2.61. The molecule has 4 fully saturated rings. The molecule has 160 valence electrons. The molecule has 0 saturated heterocycles. The van der Waals surface area contributed by atoms with Crippen LogP contribution in [0.4, 0.5) is 8.78 Å². The highest BCUT2D eigenvalue weighted by molar-refractivity contribution is 7.87. The lowest BCUT2D eigenvalue weighted by atomic mass is 9.48. The number of ether oxygens (including phenoxy) is 2. The molecule has 4 saturated carbocycles. The van der Waals surface area contributed by atoms with E-state index in [2.05, 4.69) is 4.74 Å². The Morgan fingerprint density at radius 2 is 1.79 bits per heavy atom. The first-order valence-corrected chi connectivity index (χ1v) is 11.0. The number of hydrogen-bond acceptors (Lipinski definition) is 7. The van der Waals surface area contributed by atoms with E-state index in [0.29, 0.717) is 38.5 Å². The molecule has 4 aliphatic carbocycles. The van der Waals surface area contributed by atoms with Crippen LogP contribution in [-0.4, -0.2) is 42.4 Å². The van der Waals surface area contributed by atoms with Gasteiger partial charge in [-0.2, -0.15) is 8.78 Å². The Hall–Kier alpha value is -1.29. The van der Waals surface area contributed by atoms with E-state index < -0.39 is 39.0 Å². The number of halogens is 2. The summed E-state index contributed by atoms with van der Waals surface area (Å²) in [5, 5.41) is -5.12. The molecule has 0 aromatic heterocycles. The summed E-state index contributed by atoms with van der Waals surface area (Å²) in [5.74, 6) is -2.42. The number of esters is 2. The van der Waals surface area contributed by atoms with E-state index in [0.717, 1.165) is 6.42 Å². The molecule has 0 aliphatic heterocycles. The molecule has 0 aromatic carbocycles. The molecule has 0 spiro atoms. The maximum absolute atomic E-state index is 13.4. The molecule has 0 amide bonds. The fourth-order valence-electron chi connectivity index (χ4n) is 5.54. The average Bonchev–Trinajstić information content (AvgIpc) is 2.56. The highest BCUT2D eigenvalue weighted by atomic mass is 32.2. The molecule has 3 unspecified atom stereocenters. The van der Waals surface area contributed by atoms with E-state index in [4.69, 9.17) is 4.74 Å². The van der Waals surface area contributed by atoms with Crippen molar-refractivity contribution in [1.29, 1.82) is 0 Å². The molecular formula is C18H25F2O7S-. The minimum absolute atomic E-state index is 0.230. The normalized spacial score (nSPS) is 35.5. The van der Waals surface area contributed by atoms with Crippen LogP contribution in [0.2, 0.25) is 0 Å². The summed E-state index contributed by atoms with van der Waals surface area (Å²) in [6.07, 6.45) is 4.65. The summed E-state index contributed by atoms with van der Waals surface area (Å²) in [6, 6.07) is 0. The van der Waals surface area contributed by atoms with Gasteiger partial charge in [0.1, 0.15) is 5.60 Å². The van der Waals surface area contributed by atoms with Gasteiger partial charge in [0.2, 0.25) is 0 Å². The third-order valence-corrected chi connectivity index (χ3v) is 7.32. The van der Waals surface area contributed by atoms with Gasteiger partial charge in [0.05, 0.1) is 12.5 Å². The third-order valence-electron chi connectivity index (χ3n) is 6.52. The fraction of sp³-hybridized carbons (Fsp3) is 0.889. The molecule has 0 aromatic rings. The maximum atomic E-state index is 13.4. The second-order valence-corrected chi connectivity index (χ2v) is 10.3. The van der Waals surface area contributed by atoms with Gasteiger partial charge in [0, 0.05) is 5.41 Å². The molecule has 0 heterocycles. The van der Waals surface area contributed by atoms with Crippen LogP contribution in [0.5, 0.6) is 0 Å². The average molecular weight is 423 g/mol. The van der Waals surface area contributed by atoms with Crippen LogP contribution in [0.15, 0.2) is 0 Å². The monoisotopic (exact) mass is 423 g/mol. The van der Waals surface area contributed by atoms with Gasteiger partial charge in [-0.3, -0.25) is 4.79 Å². The first-order chi connectivity index (χ1) is 12.8. The van der Waals surface area contributed by atoms with Gasteiger partial charge in [0.15, 0.2) is 10.1 Å². The standard InChI is InChI=1S/C18H26F2O7S/c1-3-11(2)14(21)27-17-7-12-4-13(8-17)6-16(5-12,9-17)10-26-15(22)18(19,20)28(23,24)25/h11-13H,3-10H2,1-2H3,(H,23,24,25)/p-1. The second kappa shape index (κ2) is 6.90. The van der Waals surface area contributed by atoms with Crippen LogP contribution in [0, 0.1) is 23.2 Å². The predicted octanol–water partition coefficient (Wildman–Crippen LogP) is 2.60. The van der Waals surface area contributed by atoms with Crippen molar-refractivity contribution in [3.63, 3.8) is 0 Å². The van der Waals surface area contributed by atoms with E-state index in [1.54, 1.807) is 6.92 Å². The van der Waals surface area contributed by atoms with Gasteiger partial charge in [-0.15, -0.1) is 0 Å². The van der Waals surface area contributed by atoms with E-state index in [9.17, 15) is 31.3 Å². The minimum Gasteiger partial charge on any atom is -0.743 e. The number of rotatable bonds is 7. The lowest BCUT2D eigenvalue weighted by Crippen LogP contribution is -2.59. The zero-order valence-corrected chi connectivity index (χ0v) is 16.7. The second-order valence-electron chi connectivity index (χ2n) is 8.92. The Kier molecular flexibility index (Phi) is 5.28. The molecule has 4 aliphatic rings. The van der Waals surface area contributed by atoms with Crippen molar-refractivity contribution in [3.05, 3.63) is 0 Å². The number of alkyl halides is 2. The van der Waals surface area contributed by atoms with E-state index >= 15 is 0 Å². The molecule has 4 bridgehead atoms. The van der Waals surface area contributed by atoms with Crippen molar-refractivity contribution in [2.75, 3.05) is 6.61 Å². The molecule has 7 nitrogen and oxygen atoms in total. The van der Waals surface area contributed by atoms with Gasteiger partial charge in [-0.25, -0.2) is 13.2 Å². The molecule has 4 rings (SSSR count). The van der Waals surface area contributed by atoms with E-state index in [-0.39, 0.29) is 23.7 Å².